The van der Waals surface area contributed by atoms with Gasteiger partial charge in [0.25, 0.3) is 0 Å². The zero-order valence-electron chi connectivity index (χ0n) is 6.61. The van der Waals surface area contributed by atoms with Crippen LogP contribution in [0, 0.1) is 0 Å². The Morgan fingerprint density at radius 1 is 1.36 bits per heavy atom. The van der Waals surface area contributed by atoms with E-state index in [4.69, 9.17) is 0 Å². The first kappa shape index (κ1) is 6.70. The third-order valence-electron chi connectivity index (χ3n) is 2.67. The number of hydrazone groups is 1. The van der Waals surface area contributed by atoms with Crippen molar-refractivity contribution in [2.45, 2.75) is 18.5 Å². The molecule has 2 bridgehead atoms. The third kappa shape index (κ3) is 0.836. The zero-order valence-corrected chi connectivity index (χ0v) is 6.61. The molecule has 2 fully saturated rings. The van der Waals surface area contributed by atoms with Crippen molar-refractivity contribution in [1.82, 2.24) is 9.91 Å². The monoisotopic (exact) mass is 151 g/mol. The topological polar surface area (TPSA) is 18.8 Å². The number of nitrogens with zero attached hydrogens (tertiary/aromatic N) is 3. The SMILES string of the molecule is C=CN1CC2CC1CN2N=C. The molecule has 2 heterocycles. The fourth-order valence-electron chi connectivity index (χ4n) is 2.07. The first-order chi connectivity index (χ1) is 5.35. The molecule has 0 N–H and O–H groups in total. The molecule has 0 saturated carbocycles. The van der Waals surface area contributed by atoms with Crippen LogP contribution in [0.15, 0.2) is 17.9 Å². The van der Waals surface area contributed by atoms with E-state index in [1.54, 1.807) is 0 Å². The minimum absolute atomic E-state index is 0.593. The van der Waals surface area contributed by atoms with Gasteiger partial charge in [0.1, 0.15) is 0 Å². The average Bonchev–Trinajstić information content (AvgIpc) is 2.60. The van der Waals surface area contributed by atoms with Gasteiger partial charge in [-0.05, 0) is 12.6 Å². The smallest absolute Gasteiger partial charge is 0.0666 e. The maximum atomic E-state index is 3.96. The maximum Gasteiger partial charge on any atom is 0.0666 e. The van der Waals surface area contributed by atoms with Gasteiger partial charge in [-0.1, -0.05) is 6.58 Å². The lowest BCUT2D eigenvalue weighted by Crippen LogP contribution is -2.41. The molecule has 0 aromatic rings. The number of rotatable bonds is 2. The van der Waals surface area contributed by atoms with E-state index in [-0.39, 0.29) is 0 Å². The summed E-state index contributed by atoms with van der Waals surface area (Å²) in [6, 6.07) is 1.23. The molecule has 2 unspecified atom stereocenters. The first-order valence-electron chi connectivity index (χ1n) is 3.96. The van der Waals surface area contributed by atoms with E-state index in [1.807, 2.05) is 6.20 Å². The van der Waals surface area contributed by atoms with Crippen molar-refractivity contribution in [3.8, 4) is 0 Å². The molecule has 2 aliphatic heterocycles. The van der Waals surface area contributed by atoms with Gasteiger partial charge >= 0.3 is 0 Å². The molecule has 3 heteroatoms. The van der Waals surface area contributed by atoms with Crippen LogP contribution in [-0.2, 0) is 0 Å². The van der Waals surface area contributed by atoms with Crippen LogP contribution in [0.5, 0.6) is 0 Å². The Balaban J connectivity index is 2.07. The summed E-state index contributed by atoms with van der Waals surface area (Å²) in [4.78, 5) is 2.30. The molecule has 0 radical (unpaired) electrons. The van der Waals surface area contributed by atoms with Crippen molar-refractivity contribution in [3.05, 3.63) is 12.8 Å². The summed E-state index contributed by atoms with van der Waals surface area (Å²) in [5.74, 6) is 0. The van der Waals surface area contributed by atoms with E-state index in [0.717, 1.165) is 13.1 Å². The van der Waals surface area contributed by atoms with Crippen LogP contribution in [0.2, 0.25) is 0 Å². The van der Waals surface area contributed by atoms with Gasteiger partial charge in [0.2, 0.25) is 0 Å². The summed E-state index contributed by atoms with van der Waals surface area (Å²) in [5, 5.41) is 6.05. The predicted molar refractivity (Wildman–Crippen MR) is 45.4 cm³/mol. The summed E-state index contributed by atoms with van der Waals surface area (Å²) >= 11 is 0. The Hall–Kier alpha value is -0.990. The number of hydrogen-bond acceptors (Lipinski definition) is 3. The van der Waals surface area contributed by atoms with Gasteiger partial charge in [-0.3, -0.25) is 5.01 Å². The van der Waals surface area contributed by atoms with Gasteiger partial charge < -0.3 is 4.90 Å². The van der Waals surface area contributed by atoms with Crippen molar-refractivity contribution in [3.63, 3.8) is 0 Å². The van der Waals surface area contributed by atoms with Gasteiger partial charge in [-0.15, -0.1) is 0 Å². The van der Waals surface area contributed by atoms with Crippen LogP contribution >= 0.6 is 0 Å². The molecule has 0 spiro atoms. The molecule has 2 saturated heterocycles. The largest absolute Gasteiger partial charge is 0.371 e. The van der Waals surface area contributed by atoms with Gasteiger partial charge in [0.15, 0.2) is 0 Å². The van der Waals surface area contributed by atoms with Crippen LogP contribution in [0.3, 0.4) is 0 Å². The Bertz CT molecular complexity index is 170. The third-order valence-corrected chi connectivity index (χ3v) is 2.67. The molecule has 2 aliphatic rings. The molecule has 0 aromatic carbocycles. The zero-order chi connectivity index (χ0) is 7.84. The van der Waals surface area contributed by atoms with Crippen LogP contribution in [0.4, 0.5) is 0 Å². The fraction of sp³-hybridized carbons (Fsp3) is 0.625. The van der Waals surface area contributed by atoms with Crippen molar-refractivity contribution in [2.24, 2.45) is 5.10 Å². The quantitative estimate of drug-likeness (QED) is 0.535. The Morgan fingerprint density at radius 3 is 2.64 bits per heavy atom. The second-order valence-corrected chi connectivity index (χ2v) is 3.19. The molecule has 0 aliphatic carbocycles. The molecule has 11 heavy (non-hydrogen) atoms. The van der Waals surface area contributed by atoms with E-state index < -0.39 is 0 Å². The molecule has 0 amide bonds. The number of piperazine rings is 1. The highest BCUT2D eigenvalue weighted by Gasteiger charge is 2.41. The Morgan fingerprint density at radius 2 is 2.18 bits per heavy atom. The molecule has 3 nitrogen and oxygen atoms in total. The summed E-state index contributed by atoms with van der Waals surface area (Å²) in [6.45, 7) is 9.42. The lowest BCUT2D eigenvalue weighted by molar-refractivity contribution is 0.170. The molecular formula is C8H13N3. The second kappa shape index (κ2) is 2.26. The lowest BCUT2D eigenvalue weighted by atomic mass is 10.2. The summed E-state index contributed by atoms with van der Waals surface area (Å²) in [6.07, 6.45) is 3.16. The minimum Gasteiger partial charge on any atom is -0.371 e. The van der Waals surface area contributed by atoms with Gasteiger partial charge in [0, 0.05) is 19.3 Å². The highest BCUT2D eigenvalue weighted by atomic mass is 15.5. The van der Waals surface area contributed by atoms with Crippen molar-refractivity contribution in [2.75, 3.05) is 13.1 Å². The average molecular weight is 151 g/mol. The summed E-state index contributed by atoms with van der Waals surface area (Å²) in [5.41, 5.74) is 0. The van der Waals surface area contributed by atoms with Gasteiger partial charge in [-0.25, -0.2) is 0 Å². The maximum absolute atomic E-state index is 3.96. The molecule has 60 valence electrons. The molecule has 2 atom stereocenters. The van der Waals surface area contributed by atoms with Crippen LogP contribution in [0.1, 0.15) is 6.42 Å². The number of fused-ring (bicyclic) bond motifs is 2. The van der Waals surface area contributed by atoms with Crippen LogP contribution in [-0.4, -0.2) is 41.8 Å². The Kier molecular flexibility index (Phi) is 1.37. The minimum atomic E-state index is 0.593. The van der Waals surface area contributed by atoms with Crippen LogP contribution < -0.4 is 0 Å². The predicted octanol–water partition coefficient (Wildman–Crippen LogP) is 0.504. The first-order valence-corrected chi connectivity index (χ1v) is 3.96. The number of likely N-dealkylation sites (tertiary alicyclic amines) is 1. The second-order valence-electron chi connectivity index (χ2n) is 3.19. The van der Waals surface area contributed by atoms with E-state index in [2.05, 4.69) is 28.3 Å². The highest BCUT2D eigenvalue weighted by Crippen LogP contribution is 2.30. The lowest BCUT2D eigenvalue weighted by Gasteiger charge is -2.31. The van der Waals surface area contributed by atoms with Crippen molar-refractivity contribution >= 4 is 6.72 Å². The normalized spacial score (nSPS) is 34.5. The van der Waals surface area contributed by atoms with E-state index in [1.165, 1.54) is 6.42 Å². The molecule has 0 aromatic heterocycles. The van der Waals surface area contributed by atoms with Crippen molar-refractivity contribution < 1.29 is 0 Å². The fourth-order valence-corrected chi connectivity index (χ4v) is 2.07. The van der Waals surface area contributed by atoms with Crippen LogP contribution in [0.25, 0.3) is 0 Å². The van der Waals surface area contributed by atoms with Crippen molar-refractivity contribution in [1.29, 1.82) is 0 Å². The summed E-state index contributed by atoms with van der Waals surface area (Å²) in [7, 11) is 0. The number of hydrogen-bond donors (Lipinski definition) is 0. The van der Waals surface area contributed by atoms with Gasteiger partial charge in [-0.2, -0.15) is 5.10 Å². The van der Waals surface area contributed by atoms with E-state index >= 15 is 0 Å². The standard InChI is InChI=1S/C8H13N3/c1-3-10-5-8-4-7(10)6-11(8)9-2/h3,7-8H,1-2,4-6H2. The molecule has 2 rings (SSSR count). The summed E-state index contributed by atoms with van der Waals surface area (Å²) < 4.78 is 0. The highest BCUT2D eigenvalue weighted by molar-refractivity contribution is 5.23. The Labute approximate surface area is 67.0 Å². The van der Waals surface area contributed by atoms with E-state index in [9.17, 15) is 0 Å². The molecular weight excluding hydrogens is 138 g/mol. The van der Waals surface area contributed by atoms with Gasteiger partial charge in [0.05, 0.1) is 12.6 Å². The van der Waals surface area contributed by atoms with E-state index in [0.29, 0.717) is 12.1 Å².